The molecule has 0 saturated heterocycles. The predicted molar refractivity (Wildman–Crippen MR) is 51.7 cm³/mol. The van der Waals surface area contributed by atoms with Crippen molar-refractivity contribution in [2.75, 3.05) is 0 Å². The van der Waals surface area contributed by atoms with Crippen LogP contribution in [0.1, 0.15) is 52.9 Å². The van der Waals surface area contributed by atoms with Crippen molar-refractivity contribution in [2.24, 2.45) is 11.1 Å². The summed E-state index contributed by atoms with van der Waals surface area (Å²) in [5.41, 5.74) is 5.37. The Morgan fingerprint density at radius 1 is 1.33 bits per heavy atom. The van der Waals surface area contributed by atoms with Gasteiger partial charge >= 0.3 is 0 Å². The van der Waals surface area contributed by atoms with Gasteiger partial charge in [-0.25, -0.2) is 0 Å². The molecule has 0 heterocycles. The van der Waals surface area contributed by atoms with E-state index in [-0.39, 0.29) is 11.3 Å². The Labute approximate surface area is 75.5 Å². The van der Waals surface area contributed by atoms with Gasteiger partial charge in [-0.1, -0.05) is 33.6 Å². The van der Waals surface area contributed by atoms with Crippen LogP contribution in [0, 0.1) is 5.41 Å². The first-order valence-electron chi connectivity index (χ1n) is 4.76. The van der Waals surface area contributed by atoms with Crippen LogP contribution in [0.25, 0.3) is 0 Å². The van der Waals surface area contributed by atoms with Gasteiger partial charge in [-0.05, 0) is 18.3 Å². The summed E-state index contributed by atoms with van der Waals surface area (Å²) in [7, 11) is 0. The van der Waals surface area contributed by atoms with Crippen LogP contribution in [0.4, 0.5) is 0 Å². The highest BCUT2D eigenvalue weighted by Gasteiger charge is 2.17. The summed E-state index contributed by atoms with van der Waals surface area (Å²) in [4.78, 5) is 10.5. The minimum atomic E-state index is -0.181. The molecule has 0 aromatic carbocycles. The number of hydrogen-bond acceptors (Lipinski definition) is 1. The molecule has 0 radical (unpaired) electrons. The lowest BCUT2D eigenvalue weighted by atomic mass is 9.83. The SMILES string of the molecule is CCCCC(C)(C)CCC(N)=O. The van der Waals surface area contributed by atoms with E-state index < -0.39 is 0 Å². The fourth-order valence-electron chi connectivity index (χ4n) is 1.24. The van der Waals surface area contributed by atoms with Crippen LogP contribution in [0.15, 0.2) is 0 Å². The Balaban J connectivity index is 3.63. The predicted octanol–water partition coefficient (Wildman–Crippen LogP) is 2.47. The van der Waals surface area contributed by atoms with E-state index in [1.165, 1.54) is 19.3 Å². The zero-order valence-electron chi connectivity index (χ0n) is 8.52. The van der Waals surface area contributed by atoms with E-state index in [0.717, 1.165) is 6.42 Å². The van der Waals surface area contributed by atoms with Crippen LogP contribution in [-0.2, 0) is 4.79 Å². The molecular formula is C10H21NO. The third-order valence-corrected chi connectivity index (χ3v) is 2.26. The van der Waals surface area contributed by atoms with Gasteiger partial charge in [0, 0.05) is 6.42 Å². The minimum Gasteiger partial charge on any atom is -0.370 e. The van der Waals surface area contributed by atoms with E-state index in [0.29, 0.717) is 6.42 Å². The smallest absolute Gasteiger partial charge is 0.217 e. The summed E-state index contributed by atoms with van der Waals surface area (Å²) in [6, 6.07) is 0. The summed E-state index contributed by atoms with van der Waals surface area (Å²) >= 11 is 0. The first kappa shape index (κ1) is 11.5. The van der Waals surface area contributed by atoms with Crippen LogP contribution < -0.4 is 5.73 Å². The largest absolute Gasteiger partial charge is 0.370 e. The molecular weight excluding hydrogens is 150 g/mol. The number of rotatable bonds is 6. The molecule has 0 aliphatic heterocycles. The van der Waals surface area contributed by atoms with Crippen LogP contribution in [0.3, 0.4) is 0 Å². The quantitative estimate of drug-likeness (QED) is 0.655. The topological polar surface area (TPSA) is 43.1 Å². The molecule has 0 aliphatic carbocycles. The second kappa shape index (κ2) is 5.18. The molecule has 0 rings (SSSR count). The molecule has 12 heavy (non-hydrogen) atoms. The average Bonchev–Trinajstić information content (AvgIpc) is 1.98. The van der Waals surface area contributed by atoms with E-state index in [4.69, 9.17) is 5.73 Å². The highest BCUT2D eigenvalue weighted by molar-refractivity contribution is 5.73. The summed E-state index contributed by atoms with van der Waals surface area (Å²) in [6.45, 7) is 6.58. The van der Waals surface area contributed by atoms with E-state index in [9.17, 15) is 4.79 Å². The van der Waals surface area contributed by atoms with Crippen molar-refractivity contribution in [3.63, 3.8) is 0 Å². The summed E-state index contributed by atoms with van der Waals surface area (Å²) in [5, 5.41) is 0. The van der Waals surface area contributed by atoms with Gasteiger partial charge < -0.3 is 5.73 Å². The number of hydrogen-bond donors (Lipinski definition) is 1. The number of carbonyl (C=O) groups is 1. The molecule has 0 bridgehead atoms. The van der Waals surface area contributed by atoms with Gasteiger partial charge in [0.2, 0.25) is 5.91 Å². The van der Waals surface area contributed by atoms with Gasteiger partial charge in [0.25, 0.3) is 0 Å². The second-order valence-electron chi connectivity index (χ2n) is 4.23. The number of nitrogens with two attached hydrogens (primary N) is 1. The third kappa shape index (κ3) is 6.20. The zero-order valence-corrected chi connectivity index (χ0v) is 8.52. The van der Waals surface area contributed by atoms with Crippen molar-refractivity contribution in [2.45, 2.75) is 52.9 Å². The molecule has 2 N–H and O–H groups in total. The standard InChI is InChI=1S/C10H21NO/c1-4-5-7-10(2,3)8-6-9(11)12/h4-8H2,1-3H3,(H2,11,12). The number of carbonyl (C=O) groups excluding carboxylic acids is 1. The molecule has 0 aliphatic rings. The Morgan fingerprint density at radius 3 is 2.33 bits per heavy atom. The molecule has 2 nitrogen and oxygen atoms in total. The van der Waals surface area contributed by atoms with E-state index in [2.05, 4.69) is 20.8 Å². The molecule has 72 valence electrons. The Morgan fingerprint density at radius 2 is 1.92 bits per heavy atom. The molecule has 0 atom stereocenters. The normalized spacial score (nSPS) is 11.6. The summed E-state index contributed by atoms with van der Waals surface area (Å²) in [6.07, 6.45) is 5.10. The van der Waals surface area contributed by atoms with Crippen molar-refractivity contribution < 1.29 is 4.79 Å². The van der Waals surface area contributed by atoms with Crippen LogP contribution in [0.5, 0.6) is 0 Å². The van der Waals surface area contributed by atoms with Gasteiger partial charge in [0.05, 0.1) is 0 Å². The first-order chi connectivity index (χ1) is 5.48. The van der Waals surface area contributed by atoms with Crippen molar-refractivity contribution in [1.82, 2.24) is 0 Å². The molecule has 0 saturated carbocycles. The fourth-order valence-corrected chi connectivity index (χ4v) is 1.24. The van der Waals surface area contributed by atoms with Crippen molar-refractivity contribution in [1.29, 1.82) is 0 Å². The first-order valence-corrected chi connectivity index (χ1v) is 4.76. The average molecular weight is 171 g/mol. The Kier molecular flexibility index (Phi) is 4.95. The Hall–Kier alpha value is -0.530. The van der Waals surface area contributed by atoms with Gasteiger partial charge in [0.15, 0.2) is 0 Å². The van der Waals surface area contributed by atoms with Gasteiger partial charge in [-0.3, -0.25) is 4.79 Å². The number of amides is 1. The number of primary amides is 1. The lowest BCUT2D eigenvalue weighted by Gasteiger charge is -2.23. The Bertz CT molecular complexity index is 141. The lowest BCUT2D eigenvalue weighted by Crippen LogP contribution is -2.17. The van der Waals surface area contributed by atoms with Gasteiger partial charge in [-0.2, -0.15) is 0 Å². The summed E-state index contributed by atoms with van der Waals surface area (Å²) in [5.74, 6) is -0.181. The minimum absolute atomic E-state index is 0.181. The maximum atomic E-state index is 10.5. The van der Waals surface area contributed by atoms with E-state index >= 15 is 0 Å². The molecule has 0 unspecified atom stereocenters. The maximum absolute atomic E-state index is 10.5. The van der Waals surface area contributed by atoms with Crippen LogP contribution in [0.2, 0.25) is 0 Å². The zero-order chi connectivity index (χ0) is 9.61. The second-order valence-corrected chi connectivity index (χ2v) is 4.23. The lowest BCUT2D eigenvalue weighted by molar-refractivity contribution is -0.118. The van der Waals surface area contributed by atoms with Crippen molar-refractivity contribution in [3.8, 4) is 0 Å². The monoisotopic (exact) mass is 171 g/mol. The molecule has 0 fully saturated rings. The third-order valence-electron chi connectivity index (χ3n) is 2.26. The van der Waals surface area contributed by atoms with E-state index in [1.807, 2.05) is 0 Å². The van der Waals surface area contributed by atoms with Gasteiger partial charge in [0.1, 0.15) is 0 Å². The van der Waals surface area contributed by atoms with Crippen LogP contribution in [-0.4, -0.2) is 5.91 Å². The molecule has 1 amide bonds. The highest BCUT2D eigenvalue weighted by Crippen LogP contribution is 2.28. The molecule has 0 aromatic heterocycles. The maximum Gasteiger partial charge on any atom is 0.217 e. The summed E-state index contributed by atoms with van der Waals surface area (Å²) < 4.78 is 0. The van der Waals surface area contributed by atoms with E-state index in [1.54, 1.807) is 0 Å². The van der Waals surface area contributed by atoms with Crippen molar-refractivity contribution in [3.05, 3.63) is 0 Å². The van der Waals surface area contributed by atoms with Crippen LogP contribution >= 0.6 is 0 Å². The van der Waals surface area contributed by atoms with Gasteiger partial charge in [-0.15, -0.1) is 0 Å². The number of unbranched alkanes of at least 4 members (excludes halogenated alkanes) is 1. The molecule has 0 spiro atoms. The fraction of sp³-hybridized carbons (Fsp3) is 0.900. The highest BCUT2D eigenvalue weighted by atomic mass is 16.1. The molecule has 2 heteroatoms. The van der Waals surface area contributed by atoms with Crippen molar-refractivity contribution >= 4 is 5.91 Å². The molecule has 0 aromatic rings.